The van der Waals surface area contributed by atoms with Crippen LogP contribution in [0.25, 0.3) is 0 Å². The number of hydrogen-bond acceptors (Lipinski definition) is 2. The molecule has 0 aromatic rings. The standard InChI is InChI=1S/C13H26O2/c1-10(2)9(14)15-13(7,8)12(5,6)11(10,3)4/h9,14H,1-8H3. The normalized spacial score (nSPS) is 36.2. The van der Waals surface area contributed by atoms with Gasteiger partial charge in [0.15, 0.2) is 6.29 Å². The average Bonchev–Trinajstić information content (AvgIpc) is 2.00. The SMILES string of the molecule is CC1(C)OC(O)C(C)(C)C(C)(C)C1(C)C. The van der Waals surface area contributed by atoms with E-state index < -0.39 is 6.29 Å². The lowest BCUT2D eigenvalue weighted by molar-refractivity contribution is -0.344. The van der Waals surface area contributed by atoms with E-state index in [2.05, 4.69) is 55.4 Å². The Bertz CT molecular complexity index is 262. The molecule has 0 bridgehead atoms. The van der Waals surface area contributed by atoms with Crippen LogP contribution in [0.5, 0.6) is 0 Å². The van der Waals surface area contributed by atoms with Crippen LogP contribution < -0.4 is 0 Å². The van der Waals surface area contributed by atoms with Gasteiger partial charge in [0.1, 0.15) is 0 Å². The van der Waals surface area contributed by atoms with Crippen molar-refractivity contribution in [2.75, 3.05) is 0 Å². The molecule has 0 spiro atoms. The second kappa shape index (κ2) is 2.98. The molecule has 0 radical (unpaired) electrons. The Morgan fingerprint density at radius 2 is 1.20 bits per heavy atom. The molecule has 0 amide bonds. The molecule has 15 heavy (non-hydrogen) atoms. The van der Waals surface area contributed by atoms with Crippen LogP contribution in [-0.4, -0.2) is 17.0 Å². The van der Waals surface area contributed by atoms with E-state index in [1.165, 1.54) is 0 Å². The van der Waals surface area contributed by atoms with E-state index >= 15 is 0 Å². The highest BCUT2D eigenvalue weighted by molar-refractivity contribution is 5.08. The Morgan fingerprint density at radius 1 is 0.800 bits per heavy atom. The summed E-state index contributed by atoms with van der Waals surface area (Å²) in [4.78, 5) is 0. The minimum Gasteiger partial charge on any atom is -0.367 e. The van der Waals surface area contributed by atoms with Gasteiger partial charge in [-0.25, -0.2) is 0 Å². The molecule has 1 aliphatic heterocycles. The number of aliphatic hydroxyl groups excluding tert-OH is 1. The van der Waals surface area contributed by atoms with E-state index in [1.54, 1.807) is 0 Å². The molecule has 1 atom stereocenters. The largest absolute Gasteiger partial charge is 0.367 e. The molecule has 0 aliphatic carbocycles. The van der Waals surface area contributed by atoms with Crippen LogP contribution in [0.4, 0.5) is 0 Å². The second-order valence-corrected chi connectivity index (χ2v) is 6.95. The van der Waals surface area contributed by atoms with Gasteiger partial charge in [0, 0.05) is 5.41 Å². The molecular formula is C13H26O2. The maximum absolute atomic E-state index is 10.1. The highest BCUT2D eigenvalue weighted by Crippen LogP contribution is 2.62. The fourth-order valence-corrected chi connectivity index (χ4v) is 2.44. The summed E-state index contributed by atoms with van der Waals surface area (Å²) in [5.41, 5.74) is -0.554. The molecule has 1 fully saturated rings. The van der Waals surface area contributed by atoms with Gasteiger partial charge in [-0.2, -0.15) is 0 Å². The third-order valence-electron chi connectivity index (χ3n) is 5.70. The molecule has 0 aromatic carbocycles. The van der Waals surface area contributed by atoms with Crippen molar-refractivity contribution >= 4 is 0 Å². The maximum atomic E-state index is 10.1. The molecule has 2 heteroatoms. The topological polar surface area (TPSA) is 29.5 Å². The van der Waals surface area contributed by atoms with Crippen molar-refractivity contribution in [3.8, 4) is 0 Å². The van der Waals surface area contributed by atoms with Gasteiger partial charge in [0.25, 0.3) is 0 Å². The number of rotatable bonds is 0. The van der Waals surface area contributed by atoms with Crippen molar-refractivity contribution in [3.63, 3.8) is 0 Å². The third-order valence-corrected chi connectivity index (χ3v) is 5.70. The lowest BCUT2D eigenvalue weighted by atomic mass is 9.48. The molecule has 1 N–H and O–H groups in total. The van der Waals surface area contributed by atoms with Crippen LogP contribution in [0.2, 0.25) is 0 Å². The first kappa shape index (κ1) is 13.0. The molecule has 1 saturated heterocycles. The minimum absolute atomic E-state index is 0.00116. The summed E-state index contributed by atoms with van der Waals surface area (Å²) in [6.07, 6.45) is -0.699. The highest BCUT2D eigenvalue weighted by atomic mass is 16.6. The predicted octanol–water partition coefficient (Wildman–Crippen LogP) is 3.19. The van der Waals surface area contributed by atoms with E-state index in [1.807, 2.05) is 0 Å². The van der Waals surface area contributed by atoms with Crippen molar-refractivity contribution in [2.24, 2.45) is 16.2 Å². The zero-order chi connectivity index (χ0) is 12.3. The van der Waals surface area contributed by atoms with E-state index in [0.29, 0.717) is 0 Å². The molecule has 2 nitrogen and oxygen atoms in total. The fraction of sp³-hybridized carbons (Fsp3) is 1.00. The van der Waals surface area contributed by atoms with Gasteiger partial charge in [0.2, 0.25) is 0 Å². The zero-order valence-electron chi connectivity index (χ0n) is 11.4. The Balaban J connectivity index is 3.30. The lowest BCUT2D eigenvalue weighted by Crippen LogP contribution is -2.66. The third kappa shape index (κ3) is 1.38. The van der Waals surface area contributed by atoms with Crippen LogP contribution in [-0.2, 0) is 4.74 Å². The van der Waals surface area contributed by atoms with Gasteiger partial charge in [-0.1, -0.05) is 41.5 Å². The molecule has 1 unspecified atom stereocenters. The van der Waals surface area contributed by atoms with E-state index in [-0.39, 0.29) is 21.8 Å². The Kier molecular flexibility index (Phi) is 2.58. The molecule has 1 aliphatic rings. The first-order valence-electron chi connectivity index (χ1n) is 5.74. The summed E-state index contributed by atoms with van der Waals surface area (Å²) in [5.74, 6) is 0. The van der Waals surface area contributed by atoms with Gasteiger partial charge in [0.05, 0.1) is 5.60 Å². The maximum Gasteiger partial charge on any atom is 0.160 e. The highest BCUT2D eigenvalue weighted by Gasteiger charge is 2.62. The van der Waals surface area contributed by atoms with Crippen LogP contribution in [0.15, 0.2) is 0 Å². The summed E-state index contributed by atoms with van der Waals surface area (Å²) in [5, 5.41) is 10.1. The number of aliphatic hydroxyl groups is 1. The number of ether oxygens (including phenoxy) is 1. The molecule has 90 valence electrons. The van der Waals surface area contributed by atoms with Crippen molar-refractivity contribution < 1.29 is 9.84 Å². The van der Waals surface area contributed by atoms with E-state index in [9.17, 15) is 5.11 Å². The van der Waals surface area contributed by atoms with Crippen LogP contribution in [0, 0.1) is 16.2 Å². The van der Waals surface area contributed by atoms with Gasteiger partial charge in [-0.3, -0.25) is 0 Å². The van der Waals surface area contributed by atoms with Crippen molar-refractivity contribution in [3.05, 3.63) is 0 Å². The minimum atomic E-state index is -0.699. The lowest BCUT2D eigenvalue weighted by Gasteiger charge is -2.64. The second-order valence-electron chi connectivity index (χ2n) is 6.95. The summed E-state index contributed by atoms with van der Waals surface area (Å²) >= 11 is 0. The molecular weight excluding hydrogens is 188 g/mol. The van der Waals surface area contributed by atoms with Gasteiger partial charge < -0.3 is 9.84 Å². The Morgan fingerprint density at radius 3 is 1.60 bits per heavy atom. The summed E-state index contributed by atoms with van der Waals surface area (Å²) in [6, 6.07) is 0. The predicted molar refractivity (Wildman–Crippen MR) is 62.5 cm³/mol. The summed E-state index contributed by atoms with van der Waals surface area (Å²) < 4.78 is 5.80. The van der Waals surface area contributed by atoms with Crippen molar-refractivity contribution in [1.29, 1.82) is 0 Å². The van der Waals surface area contributed by atoms with Crippen LogP contribution in [0.3, 0.4) is 0 Å². The molecule has 1 rings (SSSR count). The first-order chi connectivity index (χ1) is 6.38. The molecule has 0 saturated carbocycles. The fourth-order valence-electron chi connectivity index (χ4n) is 2.44. The smallest absolute Gasteiger partial charge is 0.160 e. The van der Waals surface area contributed by atoms with Gasteiger partial charge in [-0.05, 0) is 24.7 Å². The quantitative estimate of drug-likeness (QED) is 0.671. The first-order valence-corrected chi connectivity index (χ1v) is 5.74. The average molecular weight is 214 g/mol. The Hall–Kier alpha value is -0.0800. The zero-order valence-corrected chi connectivity index (χ0v) is 11.4. The van der Waals surface area contributed by atoms with Crippen molar-refractivity contribution in [2.45, 2.75) is 67.3 Å². The van der Waals surface area contributed by atoms with Crippen LogP contribution >= 0.6 is 0 Å². The van der Waals surface area contributed by atoms with E-state index in [0.717, 1.165) is 0 Å². The number of hydrogen-bond donors (Lipinski definition) is 1. The van der Waals surface area contributed by atoms with Gasteiger partial charge >= 0.3 is 0 Å². The van der Waals surface area contributed by atoms with Gasteiger partial charge in [-0.15, -0.1) is 0 Å². The monoisotopic (exact) mass is 214 g/mol. The molecule has 1 heterocycles. The summed E-state index contributed by atoms with van der Waals surface area (Å²) in [6.45, 7) is 17.2. The Labute approximate surface area is 94.0 Å². The van der Waals surface area contributed by atoms with Crippen molar-refractivity contribution in [1.82, 2.24) is 0 Å². The van der Waals surface area contributed by atoms with Crippen LogP contribution in [0.1, 0.15) is 55.4 Å². The molecule has 0 aromatic heterocycles. The van der Waals surface area contributed by atoms with E-state index in [4.69, 9.17) is 4.74 Å². The summed E-state index contributed by atoms with van der Waals surface area (Å²) in [7, 11) is 0.